The number of hydrogen-bond acceptors (Lipinski definition) is 6. The molecule has 4 N–H and O–H groups in total. The quantitative estimate of drug-likeness (QED) is 0.256. The van der Waals surface area contributed by atoms with Crippen molar-refractivity contribution in [3.05, 3.63) is 89.5 Å². The highest BCUT2D eigenvalue weighted by Crippen LogP contribution is 2.27. The molecule has 0 aliphatic carbocycles. The summed E-state index contributed by atoms with van der Waals surface area (Å²) in [4.78, 5) is 27.7. The third-order valence-electron chi connectivity index (χ3n) is 7.25. The molecule has 0 radical (unpaired) electrons. The topological polar surface area (TPSA) is 103 Å². The Bertz CT molecular complexity index is 1280. The van der Waals surface area contributed by atoms with Gasteiger partial charge >= 0.3 is 0 Å². The van der Waals surface area contributed by atoms with Crippen molar-refractivity contribution in [3.8, 4) is 5.75 Å². The largest absolute Gasteiger partial charge is 0.497 e. The Kier molecular flexibility index (Phi) is 10.2. The van der Waals surface area contributed by atoms with Gasteiger partial charge in [0.05, 0.1) is 19.3 Å². The summed E-state index contributed by atoms with van der Waals surface area (Å²) >= 11 is 0. The summed E-state index contributed by atoms with van der Waals surface area (Å²) in [6, 6.07) is 22.5. The number of nitrogens with one attached hydrogen (secondary N) is 3. The summed E-state index contributed by atoms with van der Waals surface area (Å²) in [5, 5.41) is 21.0. The lowest BCUT2D eigenvalue weighted by atomic mass is 9.99. The highest BCUT2D eigenvalue weighted by atomic mass is 16.5. The standard InChI is InChI=1S/C32H40N4O4/c1-4-33-26-17-25(18-27(20-26)36-15-9-14-31(36)38)32(39)35-29(16-23-10-6-5-7-11-23)30(37)21-34-22(2)24-12-8-13-28(19-24)40-3/h5-8,10-13,17-20,22,29-30,33-34,37H,4,9,14-16,21H2,1-3H3,(H,35,39)/t22-,29-,30-/m0/s1. The number of anilines is 2. The van der Waals surface area contributed by atoms with Crippen molar-refractivity contribution in [1.29, 1.82) is 0 Å². The molecule has 1 heterocycles. The first-order valence-corrected chi connectivity index (χ1v) is 14.0. The minimum Gasteiger partial charge on any atom is -0.497 e. The Morgan fingerprint density at radius 3 is 2.58 bits per heavy atom. The van der Waals surface area contributed by atoms with Gasteiger partial charge in [-0.1, -0.05) is 42.5 Å². The maximum absolute atomic E-state index is 13.6. The number of benzene rings is 3. The third-order valence-corrected chi connectivity index (χ3v) is 7.25. The molecule has 8 heteroatoms. The lowest BCUT2D eigenvalue weighted by molar-refractivity contribution is -0.117. The highest BCUT2D eigenvalue weighted by molar-refractivity contribution is 6.00. The molecule has 0 saturated carbocycles. The monoisotopic (exact) mass is 544 g/mol. The average molecular weight is 545 g/mol. The number of methoxy groups -OCH3 is 1. The van der Waals surface area contributed by atoms with Crippen LogP contribution in [0.25, 0.3) is 0 Å². The fourth-order valence-electron chi connectivity index (χ4n) is 5.00. The Morgan fingerprint density at radius 2 is 1.88 bits per heavy atom. The SMILES string of the molecule is CCNc1cc(C(=O)N[C@@H](Cc2ccccc2)[C@@H](O)CN[C@@H](C)c2cccc(OC)c2)cc(N2CCCC2=O)c1. The van der Waals surface area contributed by atoms with Gasteiger partial charge in [-0.15, -0.1) is 0 Å². The molecule has 3 atom stereocenters. The Balaban J connectivity index is 1.52. The van der Waals surface area contributed by atoms with Crippen LogP contribution >= 0.6 is 0 Å². The van der Waals surface area contributed by atoms with Crippen LogP contribution in [0.3, 0.4) is 0 Å². The van der Waals surface area contributed by atoms with Gasteiger partial charge in [-0.25, -0.2) is 0 Å². The van der Waals surface area contributed by atoms with Gasteiger partial charge in [0.2, 0.25) is 5.91 Å². The second kappa shape index (κ2) is 14.0. The molecule has 0 unspecified atom stereocenters. The molecule has 40 heavy (non-hydrogen) atoms. The zero-order valence-electron chi connectivity index (χ0n) is 23.5. The zero-order valence-corrected chi connectivity index (χ0v) is 23.5. The molecule has 4 rings (SSSR count). The van der Waals surface area contributed by atoms with Crippen LogP contribution in [0, 0.1) is 0 Å². The van der Waals surface area contributed by atoms with Crippen molar-refractivity contribution in [3.63, 3.8) is 0 Å². The Hall–Kier alpha value is -3.88. The predicted octanol–water partition coefficient (Wildman–Crippen LogP) is 4.31. The van der Waals surface area contributed by atoms with Gasteiger partial charge in [-0.3, -0.25) is 9.59 Å². The van der Waals surface area contributed by atoms with Gasteiger partial charge in [0.1, 0.15) is 5.75 Å². The van der Waals surface area contributed by atoms with E-state index in [0.717, 1.165) is 29.0 Å². The van der Waals surface area contributed by atoms with Gasteiger partial charge < -0.3 is 30.7 Å². The highest BCUT2D eigenvalue weighted by Gasteiger charge is 2.26. The molecule has 1 fully saturated rings. The van der Waals surface area contributed by atoms with Gasteiger partial charge in [0, 0.05) is 49.0 Å². The van der Waals surface area contributed by atoms with Crippen LogP contribution in [0.1, 0.15) is 54.2 Å². The number of rotatable bonds is 13. The van der Waals surface area contributed by atoms with Crippen LogP contribution in [0.15, 0.2) is 72.8 Å². The maximum atomic E-state index is 13.6. The van der Waals surface area contributed by atoms with E-state index in [1.807, 2.05) is 74.5 Å². The molecule has 0 spiro atoms. The van der Waals surface area contributed by atoms with E-state index in [4.69, 9.17) is 4.74 Å². The molecule has 0 aromatic heterocycles. The first kappa shape index (κ1) is 29.1. The summed E-state index contributed by atoms with van der Waals surface area (Å²) < 4.78 is 5.34. The molecular weight excluding hydrogens is 504 g/mol. The van der Waals surface area contributed by atoms with E-state index in [1.165, 1.54) is 0 Å². The molecule has 1 aliphatic rings. The minimum absolute atomic E-state index is 0.0322. The zero-order chi connectivity index (χ0) is 28.5. The fraction of sp³-hybridized carbons (Fsp3) is 0.375. The van der Waals surface area contributed by atoms with Crippen molar-refractivity contribution in [2.24, 2.45) is 0 Å². The van der Waals surface area contributed by atoms with Gasteiger partial charge in [0.15, 0.2) is 0 Å². The van der Waals surface area contributed by atoms with Crippen LogP contribution in [0.2, 0.25) is 0 Å². The maximum Gasteiger partial charge on any atom is 0.251 e. The molecule has 2 amide bonds. The number of nitrogens with zero attached hydrogens (tertiary/aromatic N) is 1. The lowest BCUT2D eigenvalue weighted by Gasteiger charge is -2.27. The van der Waals surface area contributed by atoms with E-state index in [1.54, 1.807) is 24.1 Å². The van der Waals surface area contributed by atoms with Crippen molar-refractivity contribution < 1.29 is 19.4 Å². The molecule has 1 aliphatic heterocycles. The van der Waals surface area contributed by atoms with Gasteiger partial charge in [0.25, 0.3) is 5.91 Å². The number of carbonyl (C=O) groups excluding carboxylic acids is 2. The summed E-state index contributed by atoms with van der Waals surface area (Å²) in [7, 11) is 1.64. The predicted molar refractivity (Wildman–Crippen MR) is 159 cm³/mol. The number of aliphatic hydroxyl groups is 1. The van der Waals surface area contributed by atoms with E-state index in [-0.39, 0.29) is 24.4 Å². The van der Waals surface area contributed by atoms with Crippen LogP contribution in [-0.4, -0.2) is 55.8 Å². The smallest absolute Gasteiger partial charge is 0.251 e. The van der Waals surface area contributed by atoms with E-state index in [0.29, 0.717) is 37.2 Å². The molecule has 0 bridgehead atoms. The van der Waals surface area contributed by atoms with Crippen LogP contribution in [0.5, 0.6) is 5.75 Å². The van der Waals surface area contributed by atoms with E-state index in [2.05, 4.69) is 16.0 Å². The Morgan fingerprint density at radius 1 is 1.07 bits per heavy atom. The molecule has 8 nitrogen and oxygen atoms in total. The summed E-state index contributed by atoms with van der Waals surface area (Å²) in [5.74, 6) is 0.540. The number of ether oxygens (including phenoxy) is 1. The number of carbonyl (C=O) groups is 2. The van der Waals surface area contributed by atoms with E-state index >= 15 is 0 Å². The molecule has 3 aromatic carbocycles. The molecular formula is C32H40N4O4. The van der Waals surface area contributed by atoms with Crippen molar-refractivity contribution in [1.82, 2.24) is 10.6 Å². The summed E-state index contributed by atoms with van der Waals surface area (Å²) in [6.07, 6.45) is 0.930. The van der Waals surface area contributed by atoms with E-state index < -0.39 is 12.1 Å². The number of amides is 2. The average Bonchev–Trinajstić information content (AvgIpc) is 3.41. The van der Waals surface area contributed by atoms with Crippen LogP contribution in [-0.2, 0) is 11.2 Å². The van der Waals surface area contributed by atoms with E-state index in [9.17, 15) is 14.7 Å². The fourth-order valence-corrected chi connectivity index (χ4v) is 5.00. The summed E-state index contributed by atoms with van der Waals surface area (Å²) in [5.41, 5.74) is 3.98. The van der Waals surface area contributed by atoms with Crippen LogP contribution < -0.4 is 25.6 Å². The minimum atomic E-state index is -0.853. The van der Waals surface area contributed by atoms with Gasteiger partial charge in [-0.2, -0.15) is 0 Å². The first-order chi connectivity index (χ1) is 19.4. The molecule has 3 aromatic rings. The second-order valence-corrected chi connectivity index (χ2v) is 10.2. The number of aliphatic hydroxyl groups excluding tert-OH is 1. The van der Waals surface area contributed by atoms with Crippen molar-refractivity contribution in [2.75, 3.05) is 37.0 Å². The molecule has 1 saturated heterocycles. The van der Waals surface area contributed by atoms with Crippen molar-refractivity contribution in [2.45, 2.75) is 51.3 Å². The number of hydrogen-bond donors (Lipinski definition) is 4. The van der Waals surface area contributed by atoms with Crippen LogP contribution in [0.4, 0.5) is 11.4 Å². The lowest BCUT2D eigenvalue weighted by Crippen LogP contribution is -2.49. The summed E-state index contributed by atoms with van der Waals surface area (Å²) in [6.45, 7) is 5.62. The van der Waals surface area contributed by atoms with Crippen molar-refractivity contribution >= 4 is 23.2 Å². The normalized spacial score (nSPS) is 15.4. The van der Waals surface area contributed by atoms with Gasteiger partial charge in [-0.05, 0) is 68.1 Å². The first-order valence-electron chi connectivity index (χ1n) is 14.0. The molecule has 212 valence electrons. The second-order valence-electron chi connectivity index (χ2n) is 10.2. The Labute approximate surface area is 236 Å². The third kappa shape index (κ3) is 7.61.